The van der Waals surface area contributed by atoms with Crippen molar-refractivity contribution >= 4 is 21.7 Å². The van der Waals surface area contributed by atoms with Gasteiger partial charge in [-0.1, -0.05) is 28.1 Å². The smallest absolute Gasteiger partial charge is 0.158 e. The van der Waals surface area contributed by atoms with Gasteiger partial charge in [-0.05, 0) is 23.8 Å². The molecular formula is C18H19BrN6. The molecule has 0 saturated carbocycles. The van der Waals surface area contributed by atoms with E-state index in [1.807, 2.05) is 18.3 Å². The molecule has 2 aromatic heterocycles. The number of piperazine rings is 1. The summed E-state index contributed by atoms with van der Waals surface area (Å²) >= 11 is 3.54. The van der Waals surface area contributed by atoms with Gasteiger partial charge in [-0.2, -0.15) is 5.10 Å². The summed E-state index contributed by atoms with van der Waals surface area (Å²) < 4.78 is 2.89. The molecule has 0 N–H and O–H groups in total. The van der Waals surface area contributed by atoms with Crippen LogP contribution in [0.5, 0.6) is 0 Å². The zero-order valence-corrected chi connectivity index (χ0v) is 15.4. The fourth-order valence-electron chi connectivity index (χ4n) is 3.07. The van der Waals surface area contributed by atoms with Crippen molar-refractivity contribution in [3.8, 4) is 5.82 Å². The molecule has 0 aliphatic carbocycles. The summed E-state index contributed by atoms with van der Waals surface area (Å²) in [6.07, 6.45) is 5.25. The lowest BCUT2D eigenvalue weighted by atomic mass is 10.2. The Bertz CT molecular complexity index is 827. The van der Waals surface area contributed by atoms with Gasteiger partial charge in [-0.25, -0.2) is 14.6 Å². The Labute approximate surface area is 155 Å². The third kappa shape index (κ3) is 3.88. The van der Waals surface area contributed by atoms with Crippen LogP contribution in [0.4, 0.5) is 5.82 Å². The number of aromatic nitrogens is 4. The molecule has 0 bridgehead atoms. The molecule has 128 valence electrons. The summed E-state index contributed by atoms with van der Waals surface area (Å²) in [7, 11) is 0. The van der Waals surface area contributed by atoms with Crippen LogP contribution in [0.25, 0.3) is 5.82 Å². The van der Waals surface area contributed by atoms with Crippen molar-refractivity contribution in [2.75, 3.05) is 31.1 Å². The van der Waals surface area contributed by atoms with Gasteiger partial charge in [-0.15, -0.1) is 0 Å². The second kappa shape index (κ2) is 7.33. The maximum atomic E-state index is 4.44. The van der Waals surface area contributed by atoms with Gasteiger partial charge >= 0.3 is 0 Å². The highest BCUT2D eigenvalue weighted by Gasteiger charge is 2.18. The van der Waals surface area contributed by atoms with Crippen molar-refractivity contribution in [3.05, 3.63) is 65.2 Å². The Morgan fingerprint density at radius 1 is 0.960 bits per heavy atom. The topological polar surface area (TPSA) is 50.1 Å². The van der Waals surface area contributed by atoms with Crippen LogP contribution in [-0.2, 0) is 6.54 Å². The largest absolute Gasteiger partial charge is 0.354 e. The average Bonchev–Trinajstić information content (AvgIpc) is 3.17. The Balaban J connectivity index is 1.39. The molecule has 1 saturated heterocycles. The normalized spacial score (nSPS) is 15.5. The van der Waals surface area contributed by atoms with E-state index in [9.17, 15) is 0 Å². The van der Waals surface area contributed by atoms with Crippen LogP contribution >= 0.6 is 15.9 Å². The zero-order valence-electron chi connectivity index (χ0n) is 13.8. The van der Waals surface area contributed by atoms with E-state index in [4.69, 9.17) is 0 Å². The minimum atomic E-state index is 0.798. The Hall–Kier alpha value is -2.25. The number of rotatable bonds is 4. The van der Waals surface area contributed by atoms with Crippen LogP contribution in [0, 0.1) is 0 Å². The Kier molecular flexibility index (Phi) is 4.76. The third-order valence-electron chi connectivity index (χ3n) is 4.37. The zero-order chi connectivity index (χ0) is 17.1. The van der Waals surface area contributed by atoms with Gasteiger partial charge in [0.1, 0.15) is 12.1 Å². The Morgan fingerprint density at radius 3 is 2.56 bits per heavy atom. The van der Waals surface area contributed by atoms with Crippen LogP contribution in [0.2, 0.25) is 0 Å². The van der Waals surface area contributed by atoms with E-state index in [0.717, 1.165) is 48.8 Å². The molecule has 0 unspecified atom stereocenters. The maximum absolute atomic E-state index is 4.44. The van der Waals surface area contributed by atoms with Crippen molar-refractivity contribution in [1.82, 2.24) is 24.6 Å². The van der Waals surface area contributed by atoms with E-state index in [-0.39, 0.29) is 0 Å². The average molecular weight is 399 g/mol. The molecule has 1 aliphatic rings. The highest BCUT2D eigenvalue weighted by molar-refractivity contribution is 9.10. The Morgan fingerprint density at radius 2 is 1.80 bits per heavy atom. The van der Waals surface area contributed by atoms with Crippen LogP contribution in [-0.4, -0.2) is 50.8 Å². The molecule has 1 fully saturated rings. The standard InChI is InChI=1S/C18H19BrN6/c19-16-4-1-3-15(11-16)13-23-7-9-24(10-8-23)17-12-18(21-14-20-17)25-6-2-5-22-25/h1-6,11-12,14H,7-10,13H2. The summed E-state index contributed by atoms with van der Waals surface area (Å²) in [5.74, 6) is 1.76. The molecule has 0 radical (unpaired) electrons. The van der Waals surface area contributed by atoms with E-state index < -0.39 is 0 Å². The molecule has 6 nitrogen and oxygen atoms in total. The van der Waals surface area contributed by atoms with E-state index >= 15 is 0 Å². The van der Waals surface area contributed by atoms with E-state index in [2.05, 4.69) is 65.1 Å². The monoisotopic (exact) mass is 398 g/mol. The summed E-state index contributed by atoms with van der Waals surface area (Å²) in [6, 6.07) is 12.4. The second-order valence-electron chi connectivity index (χ2n) is 6.08. The minimum absolute atomic E-state index is 0.798. The molecule has 3 heterocycles. The number of hydrogen-bond acceptors (Lipinski definition) is 5. The van der Waals surface area contributed by atoms with Gasteiger partial charge in [0.05, 0.1) is 0 Å². The lowest BCUT2D eigenvalue weighted by Gasteiger charge is -2.35. The first-order chi connectivity index (χ1) is 12.3. The van der Waals surface area contributed by atoms with Crippen LogP contribution in [0.1, 0.15) is 5.56 Å². The van der Waals surface area contributed by atoms with Crippen molar-refractivity contribution in [1.29, 1.82) is 0 Å². The van der Waals surface area contributed by atoms with Gasteiger partial charge in [-0.3, -0.25) is 4.90 Å². The molecule has 0 atom stereocenters. The fourth-order valence-corrected chi connectivity index (χ4v) is 3.51. The molecule has 0 amide bonds. The quantitative estimate of drug-likeness (QED) is 0.676. The highest BCUT2D eigenvalue weighted by Crippen LogP contribution is 2.18. The van der Waals surface area contributed by atoms with Crippen molar-refractivity contribution in [2.24, 2.45) is 0 Å². The lowest BCUT2D eigenvalue weighted by Crippen LogP contribution is -2.46. The van der Waals surface area contributed by atoms with Gasteiger partial charge in [0.15, 0.2) is 5.82 Å². The van der Waals surface area contributed by atoms with Gasteiger partial charge < -0.3 is 4.90 Å². The number of hydrogen-bond donors (Lipinski definition) is 0. The van der Waals surface area contributed by atoms with Crippen molar-refractivity contribution in [2.45, 2.75) is 6.54 Å². The third-order valence-corrected chi connectivity index (χ3v) is 4.86. The molecule has 7 heteroatoms. The van der Waals surface area contributed by atoms with Crippen molar-refractivity contribution in [3.63, 3.8) is 0 Å². The summed E-state index contributed by atoms with van der Waals surface area (Å²) in [5.41, 5.74) is 1.34. The van der Waals surface area contributed by atoms with E-state index in [0.29, 0.717) is 0 Å². The first kappa shape index (κ1) is 16.2. The first-order valence-corrected chi connectivity index (χ1v) is 9.11. The molecular weight excluding hydrogens is 380 g/mol. The predicted molar refractivity (Wildman–Crippen MR) is 101 cm³/mol. The molecule has 0 spiro atoms. The van der Waals surface area contributed by atoms with Crippen LogP contribution in [0.3, 0.4) is 0 Å². The molecule has 4 rings (SSSR count). The summed E-state index contributed by atoms with van der Waals surface area (Å²) in [5, 5.41) is 4.23. The molecule has 3 aromatic rings. The fraction of sp³-hybridized carbons (Fsp3) is 0.278. The molecule has 25 heavy (non-hydrogen) atoms. The summed E-state index contributed by atoms with van der Waals surface area (Å²) in [6.45, 7) is 4.95. The van der Waals surface area contributed by atoms with Gasteiger partial charge in [0, 0.05) is 55.7 Å². The minimum Gasteiger partial charge on any atom is -0.354 e. The van der Waals surface area contributed by atoms with E-state index in [1.165, 1.54) is 5.56 Å². The summed E-state index contributed by atoms with van der Waals surface area (Å²) in [4.78, 5) is 13.5. The highest BCUT2D eigenvalue weighted by atomic mass is 79.9. The maximum Gasteiger partial charge on any atom is 0.158 e. The van der Waals surface area contributed by atoms with Crippen LogP contribution in [0.15, 0.2) is 59.6 Å². The lowest BCUT2D eigenvalue weighted by molar-refractivity contribution is 0.249. The first-order valence-electron chi connectivity index (χ1n) is 8.32. The second-order valence-corrected chi connectivity index (χ2v) is 6.99. The van der Waals surface area contributed by atoms with Gasteiger partial charge in [0.2, 0.25) is 0 Å². The van der Waals surface area contributed by atoms with Crippen molar-refractivity contribution < 1.29 is 0 Å². The van der Waals surface area contributed by atoms with E-state index in [1.54, 1.807) is 17.2 Å². The number of benzene rings is 1. The predicted octanol–water partition coefficient (Wildman–Crippen LogP) is 2.75. The number of anilines is 1. The van der Waals surface area contributed by atoms with Gasteiger partial charge in [0.25, 0.3) is 0 Å². The molecule has 1 aromatic carbocycles. The number of halogens is 1. The SMILES string of the molecule is Brc1cccc(CN2CCN(c3cc(-n4cccn4)ncn3)CC2)c1. The number of nitrogens with zero attached hydrogens (tertiary/aromatic N) is 6. The van der Waals surface area contributed by atoms with Crippen LogP contribution < -0.4 is 4.90 Å². The molecule has 1 aliphatic heterocycles.